The van der Waals surface area contributed by atoms with Crippen molar-refractivity contribution in [1.29, 1.82) is 0 Å². The number of benzene rings is 2. The number of rotatable bonds is 3. The standard InChI is InChI=1S/C15H12Cl2O2/c1-10-13(6-3-7-14(10)17)15(18)19-9-11-4-2-5-12(16)8-11/h2-8H,9H2,1H3. The molecule has 0 spiro atoms. The van der Waals surface area contributed by atoms with E-state index >= 15 is 0 Å². The Morgan fingerprint density at radius 2 is 1.89 bits per heavy atom. The van der Waals surface area contributed by atoms with Crippen LogP contribution in [-0.4, -0.2) is 5.97 Å². The van der Waals surface area contributed by atoms with Crippen LogP contribution in [0.1, 0.15) is 21.5 Å². The number of hydrogen-bond donors (Lipinski definition) is 0. The summed E-state index contributed by atoms with van der Waals surface area (Å²) in [6, 6.07) is 12.4. The third-order valence-corrected chi connectivity index (χ3v) is 3.39. The SMILES string of the molecule is Cc1c(Cl)cccc1C(=O)OCc1cccc(Cl)c1. The van der Waals surface area contributed by atoms with Gasteiger partial charge in [0.1, 0.15) is 6.61 Å². The van der Waals surface area contributed by atoms with Crippen LogP contribution in [0.15, 0.2) is 42.5 Å². The van der Waals surface area contributed by atoms with Gasteiger partial charge in [0, 0.05) is 10.0 Å². The van der Waals surface area contributed by atoms with Crippen LogP contribution >= 0.6 is 23.2 Å². The minimum Gasteiger partial charge on any atom is -0.457 e. The fourth-order valence-corrected chi connectivity index (χ4v) is 2.07. The molecule has 0 bridgehead atoms. The minimum absolute atomic E-state index is 0.186. The first-order valence-corrected chi connectivity index (χ1v) is 6.50. The van der Waals surface area contributed by atoms with Crippen molar-refractivity contribution in [2.24, 2.45) is 0 Å². The van der Waals surface area contributed by atoms with Crippen LogP contribution < -0.4 is 0 Å². The van der Waals surface area contributed by atoms with Crippen LogP contribution in [0, 0.1) is 6.92 Å². The Balaban J connectivity index is 2.08. The van der Waals surface area contributed by atoms with Crippen molar-refractivity contribution in [3.05, 3.63) is 69.2 Å². The van der Waals surface area contributed by atoms with Crippen molar-refractivity contribution < 1.29 is 9.53 Å². The van der Waals surface area contributed by atoms with Crippen LogP contribution in [0.3, 0.4) is 0 Å². The second-order valence-corrected chi connectivity index (χ2v) is 4.96. The van der Waals surface area contributed by atoms with Gasteiger partial charge in [-0.25, -0.2) is 4.79 Å². The summed E-state index contributed by atoms with van der Waals surface area (Å²) in [5.74, 6) is -0.389. The average Bonchev–Trinajstić information content (AvgIpc) is 2.39. The zero-order valence-corrected chi connectivity index (χ0v) is 11.8. The van der Waals surface area contributed by atoms with E-state index in [-0.39, 0.29) is 12.6 Å². The molecule has 0 aliphatic heterocycles. The second-order valence-electron chi connectivity index (χ2n) is 4.12. The quantitative estimate of drug-likeness (QED) is 0.770. The molecule has 0 radical (unpaired) electrons. The number of esters is 1. The Bertz CT molecular complexity index is 609. The first-order chi connectivity index (χ1) is 9.08. The molecule has 2 aromatic carbocycles. The number of ether oxygens (including phenoxy) is 1. The van der Waals surface area contributed by atoms with E-state index in [4.69, 9.17) is 27.9 Å². The molecule has 19 heavy (non-hydrogen) atoms. The molecular weight excluding hydrogens is 283 g/mol. The molecule has 0 aliphatic carbocycles. The topological polar surface area (TPSA) is 26.3 Å². The third-order valence-electron chi connectivity index (χ3n) is 2.75. The Kier molecular flexibility index (Phi) is 4.46. The van der Waals surface area contributed by atoms with Crippen molar-refractivity contribution in [3.63, 3.8) is 0 Å². The Morgan fingerprint density at radius 3 is 2.63 bits per heavy atom. The molecule has 0 heterocycles. The van der Waals surface area contributed by atoms with Crippen molar-refractivity contribution >= 4 is 29.2 Å². The summed E-state index contributed by atoms with van der Waals surface area (Å²) in [4.78, 5) is 12.0. The lowest BCUT2D eigenvalue weighted by Gasteiger charge is -2.08. The largest absolute Gasteiger partial charge is 0.457 e. The lowest BCUT2D eigenvalue weighted by atomic mass is 10.1. The molecule has 98 valence electrons. The van der Waals surface area contributed by atoms with E-state index in [1.807, 2.05) is 12.1 Å². The predicted octanol–water partition coefficient (Wildman–Crippen LogP) is 4.66. The lowest BCUT2D eigenvalue weighted by Crippen LogP contribution is -2.07. The van der Waals surface area contributed by atoms with Gasteiger partial charge < -0.3 is 4.74 Å². The second kappa shape index (κ2) is 6.09. The Hall–Kier alpha value is -1.51. The number of hydrogen-bond acceptors (Lipinski definition) is 2. The maximum atomic E-state index is 12.0. The molecule has 0 aliphatic rings. The minimum atomic E-state index is -0.389. The van der Waals surface area contributed by atoms with E-state index in [0.29, 0.717) is 15.6 Å². The fraction of sp³-hybridized carbons (Fsp3) is 0.133. The zero-order chi connectivity index (χ0) is 13.8. The van der Waals surface area contributed by atoms with Gasteiger partial charge in [-0.05, 0) is 42.3 Å². The van der Waals surface area contributed by atoms with Crippen LogP contribution in [0.25, 0.3) is 0 Å². The highest BCUT2D eigenvalue weighted by Crippen LogP contribution is 2.20. The van der Waals surface area contributed by atoms with Gasteiger partial charge in [0.2, 0.25) is 0 Å². The van der Waals surface area contributed by atoms with E-state index in [9.17, 15) is 4.79 Å². The Labute approximate surface area is 121 Å². The highest BCUT2D eigenvalue weighted by atomic mass is 35.5. The van der Waals surface area contributed by atoms with Crippen LogP contribution in [0.2, 0.25) is 10.0 Å². The molecule has 2 rings (SSSR count). The fourth-order valence-electron chi connectivity index (χ4n) is 1.68. The number of carbonyl (C=O) groups excluding carboxylic acids is 1. The van der Waals surface area contributed by atoms with E-state index < -0.39 is 0 Å². The van der Waals surface area contributed by atoms with Crippen molar-refractivity contribution in [2.75, 3.05) is 0 Å². The molecule has 0 saturated carbocycles. The zero-order valence-electron chi connectivity index (χ0n) is 10.3. The Morgan fingerprint density at radius 1 is 1.16 bits per heavy atom. The van der Waals surface area contributed by atoms with Gasteiger partial charge in [-0.15, -0.1) is 0 Å². The summed E-state index contributed by atoms with van der Waals surface area (Å²) in [7, 11) is 0. The summed E-state index contributed by atoms with van der Waals surface area (Å²) in [6.07, 6.45) is 0. The average molecular weight is 295 g/mol. The molecular formula is C15H12Cl2O2. The van der Waals surface area contributed by atoms with Crippen LogP contribution in [0.4, 0.5) is 0 Å². The molecule has 0 amide bonds. The highest BCUT2D eigenvalue weighted by molar-refractivity contribution is 6.31. The monoisotopic (exact) mass is 294 g/mol. The van der Waals surface area contributed by atoms with E-state index in [1.54, 1.807) is 37.3 Å². The van der Waals surface area contributed by atoms with Crippen molar-refractivity contribution in [2.45, 2.75) is 13.5 Å². The smallest absolute Gasteiger partial charge is 0.338 e. The van der Waals surface area contributed by atoms with Gasteiger partial charge in [0.15, 0.2) is 0 Å². The highest BCUT2D eigenvalue weighted by Gasteiger charge is 2.12. The molecule has 2 aromatic rings. The van der Waals surface area contributed by atoms with Gasteiger partial charge in [-0.3, -0.25) is 0 Å². The van der Waals surface area contributed by atoms with Gasteiger partial charge in [0.25, 0.3) is 0 Å². The first-order valence-electron chi connectivity index (χ1n) is 5.74. The number of halogens is 2. The molecule has 0 unspecified atom stereocenters. The molecule has 0 saturated heterocycles. The van der Waals surface area contributed by atoms with Gasteiger partial charge in [-0.1, -0.05) is 41.4 Å². The van der Waals surface area contributed by atoms with Gasteiger partial charge in [-0.2, -0.15) is 0 Å². The van der Waals surface area contributed by atoms with Gasteiger partial charge in [0.05, 0.1) is 5.56 Å². The summed E-state index contributed by atoms with van der Waals surface area (Å²) < 4.78 is 5.25. The summed E-state index contributed by atoms with van der Waals surface area (Å²) in [5.41, 5.74) is 2.05. The van der Waals surface area contributed by atoms with E-state index in [1.165, 1.54) is 0 Å². The summed E-state index contributed by atoms with van der Waals surface area (Å²) >= 11 is 11.8. The first kappa shape index (κ1) is 13.9. The maximum Gasteiger partial charge on any atom is 0.338 e. The molecule has 0 fully saturated rings. The molecule has 0 atom stereocenters. The maximum absolute atomic E-state index is 12.0. The van der Waals surface area contributed by atoms with Crippen molar-refractivity contribution in [3.8, 4) is 0 Å². The van der Waals surface area contributed by atoms with Gasteiger partial charge >= 0.3 is 5.97 Å². The van der Waals surface area contributed by atoms with Crippen molar-refractivity contribution in [1.82, 2.24) is 0 Å². The van der Waals surface area contributed by atoms with E-state index in [2.05, 4.69) is 0 Å². The summed E-state index contributed by atoms with van der Waals surface area (Å²) in [5, 5.41) is 1.17. The predicted molar refractivity (Wildman–Crippen MR) is 76.8 cm³/mol. The normalized spacial score (nSPS) is 10.3. The van der Waals surface area contributed by atoms with E-state index in [0.717, 1.165) is 11.1 Å². The number of carbonyl (C=O) groups is 1. The molecule has 4 heteroatoms. The molecule has 2 nitrogen and oxygen atoms in total. The van der Waals surface area contributed by atoms with Crippen LogP contribution in [0.5, 0.6) is 0 Å². The van der Waals surface area contributed by atoms with Crippen LogP contribution in [-0.2, 0) is 11.3 Å². The third kappa shape index (κ3) is 3.49. The molecule has 0 N–H and O–H groups in total. The molecule has 0 aromatic heterocycles. The summed E-state index contributed by atoms with van der Waals surface area (Å²) in [6.45, 7) is 1.98. The lowest BCUT2D eigenvalue weighted by molar-refractivity contribution is 0.0472.